The van der Waals surface area contributed by atoms with Gasteiger partial charge in [0.1, 0.15) is 11.9 Å². The summed E-state index contributed by atoms with van der Waals surface area (Å²) in [6.07, 6.45) is 2.66. The molecular formula is C14H22BrNO. The van der Waals surface area contributed by atoms with Crippen molar-refractivity contribution < 1.29 is 4.74 Å². The van der Waals surface area contributed by atoms with Gasteiger partial charge in [0, 0.05) is 11.0 Å². The van der Waals surface area contributed by atoms with Gasteiger partial charge in [-0.15, -0.1) is 0 Å². The molecule has 0 aliphatic heterocycles. The Hall–Kier alpha value is -0.540. The second kappa shape index (κ2) is 7.72. The van der Waals surface area contributed by atoms with Crippen LogP contribution in [0.25, 0.3) is 0 Å². The van der Waals surface area contributed by atoms with Crippen LogP contribution in [0.15, 0.2) is 22.7 Å². The maximum atomic E-state index is 5.85. The Morgan fingerprint density at radius 2 is 2.18 bits per heavy atom. The van der Waals surface area contributed by atoms with Crippen molar-refractivity contribution in [3.63, 3.8) is 0 Å². The van der Waals surface area contributed by atoms with Gasteiger partial charge in [0.05, 0.1) is 0 Å². The van der Waals surface area contributed by atoms with E-state index >= 15 is 0 Å². The first-order chi connectivity index (χ1) is 8.13. The molecule has 2 nitrogen and oxygen atoms in total. The Labute approximate surface area is 113 Å². The second-order valence-corrected chi connectivity index (χ2v) is 5.25. The predicted octanol–water partition coefficient (Wildman–Crippen LogP) is 3.91. The maximum absolute atomic E-state index is 5.85. The summed E-state index contributed by atoms with van der Waals surface area (Å²) in [7, 11) is 0. The molecule has 0 fully saturated rings. The van der Waals surface area contributed by atoms with Crippen LogP contribution in [0.1, 0.15) is 32.3 Å². The van der Waals surface area contributed by atoms with Crippen molar-refractivity contribution >= 4 is 15.9 Å². The summed E-state index contributed by atoms with van der Waals surface area (Å²) in [6, 6.07) is 6.09. The molecule has 0 bridgehead atoms. The summed E-state index contributed by atoms with van der Waals surface area (Å²) in [4.78, 5) is 0. The van der Waals surface area contributed by atoms with E-state index in [1.807, 2.05) is 12.1 Å². The summed E-state index contributed by atoms with van der Waals surface area (Å²) < 4.78 is 6.97. The van der Waals surface area contributed by atoms with Gasteiger partial charge in [-0.2, -0.15) is 0 Å². The standard InChI is InChI=1S/C14H22BrNO/c1-4-5-8-16-10-12(3)17-13-6-7-14(15)11(2)9-13/h6-7,9,12,16H,4-5,8,10H2,1-3H3. The van der Waals surface area contributed by atoms with E-state index in [2.05, 4.69) is 48.1 Å². The van der Waals surface area contributed by atoms with Crippen LogP contribution in [0, 0.1) is 6.92 Å². The van der Waals surface area contributed by atoms with Crippen molar-refractivity contribution in [3.8, 4) is 5.75 Å². The molecule has 1 aromatic carbocycles. The zero-order chi connectivity index (χ0) is 12.7. The molecule has 17 heavy (non-hydrogen) atoms. The Balaban J connectivity index is 2.34. The van der Waals surface area contributed by atoms with Gasteiger partial charge >= 0.3 is 0 Å². The summed E-state index contributed by atoms with van der Waals surface area (Å²) in [5.74, 6) is 0.940. The topological polar surface area (TPSA) is 21.3 Å². The fourth-order valence-corrected chi connectivity index (χ4v) is 1.82. The quantitative estimate of drug-likeness (QED) is 0.771. The van der Waals surface area contributed by atoms with Gasteiger partial charge < -0.3 is 10.1 Å². The van der Waals surface area contributed by atoms with E-state index in [0.29, 0.717) is 0 Å². The van der Waals surface area contributed by atoms with E-state index in [-0.39, 0.29) is 6.10 Å². The highest BCUT2D eigenvalue weighted by atomic mass is 79.9. The largest absolute Gasteiger partial charge is 0.489 e. The lowest BCUT2D eigenvalue weighted by Gasteiger charge is -2.16. The lowest BCUT2D eigenvalue weighted by atomic mass is 10.2. The minimum atomic E-state index is 0.201. The summed E-state index contributed by atoms with van der Waals surface area (Å²) in [6.45, 7) is 8.34. The van der Waals surface area contributed by atoms with E-state index in [0.717, 1.165) is 23.3 Å². The molecule has 0 spiro atoms. The lowest BCUT2D eigenvalue weighted by Crippen LogP contribution is -2.29. The number of rotatable bonds is 7. The average molecular weight is 300 g/mol. The first-order valence-corrected chi connectivity index (χ1v) is 7.06. The number of nitrogens with one attached hydrogen (secondary N) is 1. The zero-order valence-corrected chi connectivity index (χ0v) is 12.5. The second-order valence-electron chi connectivity index (χ2n) is 4.40. The molecule has 1 rings (SSSR count). The SMILES string of the molecule is CCCCNCC(C)Oc1ccc(Br)c(C)c1. The fraction of sp³-hybridized carbons (Fsp3) is 0.571. The van der Waals surface area contributed by atoms with Crippen molar-refractivity contribution in [3.05, 3.63) is 28.2 Å². The van der Waals surface area contributed by atoms with Crippen LogP contribution < -0.4 is 10.1 Å². The van der Waals surface area contributed by atoms with Crippen LogP contribution in [-0.2, 0) is 0 Å². The number of ether oxygens (including phenoxy) is 1. The van der Waals surface area contributed by atoms with Gasteiger partial charge in [0.15, 0.2) is 0 Å². The van der Waals surface area contributed by atoms with Crippen molar-refractivity contribution in [2.45, 2.75) is 39.7 Å². The van der Waals surface area contributed by atoms with Gasteiger partial charge in [-0.25, -0.2) is 0 Å². The molecule has 96 valence electrons. The highest BCUT2D eigenvalue weighted by Crippen LogP contribution is 2.22. The summed E-state index contributed by atoms with van der Waals surface area (Å²) in [5, 5.41) is 3.40. The van der Waals surface area contributed by atoms with E-state index < -0.39 is 0 Å². The molecule has 1 unspecified atom stereocenters. The van der Waals surface area contributed by atoms with Crippen molar-refractivity contribution in [1.82, 2.24) is 5.32 Å². The third-order valence-corrected chi connectivity index (χ3v) is 3.50. The Bertz CT molecular complexity index is 341. The molecule has 0 aliphatic rings. The first-order valence-electron chi connectivity index (χ1n) is 6.27. The van der Waals surface area contributed by atoms with Crippen LogP contribution in [0.2, 0.25) is 0 Å². The van der Waals surface area contributed by atoms with Crippen LogP contribution in [-0.4, -0.2) is 19.2 Å². The summed E-state index contributed by atoms with van der Waals surface area (Å²) >= 11 is 3.49. The van der Waals surface area contributed by atoms with E-state index in [9.17, 15) is 0 Å². The monoisotopic (exact) mass is 299 g/mol. The molecule has 1 atom stereocenters. The third kappa shape index (κ3) is 5.55. The van der Waals surface area contributed by atoms with Crippen molar-refractivity contribution in [1.29, 1.82) is 0 Å². The normalized spacial score (nSPS) is 12.5. The number of halogens is 1. The molecular weight excluding hydrogens is 278 g/mol. The van der Waals surface area contributed by atoms with Crippen LogP contribution in [0.4, 0.5) is 0 Å². The minimum absolute atomic E-state index is 0.201. The smallest absolute Gasteiger partial charge is 0.120 e. The van der Waals surface area contributed by atoms with Gasteiger partial charge in [0.25, 0.3) is 0 Å². The van der Waals surface area contributed by atoms with E-state index in [1.165, 1.54) is 18.4 Å². The summed E-state index contributed by atoms with van der Waals surface area (Å²) in [5.41, 5.74) is 1.20. The minimum Gasteiger partial charge on any atom is -0.489 e. The lowest BCUT2D eigenvalue weighted by molar-refractivity contribution is 0.217. The first kappa shape index (κ1) is 14.5. The van der Waals surface area contributed by atoms with Gasteiger partial charge in [-0.05, 0) is 50.6 Å². The van der Waals surface area contributed by atoms with Crippen LogP contribution >= 0.6 is 15.9 Å². The Morgan fingerprint density at radius 3 is 2.82 bits per heavy atom. The predicted molar refractivity (Wildman–Crippen MR) is 76.7 cm³/mol. The third-order valence-electron chi connectivity index (χ3n) is 2.61. The number of hydrogen-bond acceptors (Lipinski definition) is 2. The van der Waals surface area contributed by atoms with Gasteiger partial charge in [0.2, 0.25) is 0 Å². The number of hydrogen-bond donors (Lipinski definition) is 1. The number of unbranched alkanes of at least 4 members (excludes halogenated alkanes) is 1. The van der Waals surface area contributed by atoms with E-state index in [1.54, 1.807) is 0 Å². The molecule has 1 aromatic rings. The zero-order valence-electron chi connectivity index (χ0n) is 10.9. The molecule has 0 aliphatic carbocycles. The molecule has 0 saturated heterocycles. The van der Waals surface area contributed by atoms with Crippen LogP contribution in [0.5, 0.6) is 5.75 Å². The Kier molecular flexibility index (Phi) is 6.60. The molecule has 0 heterocycles. The highest BCUT2D eigenvalue weighted by Gasteiger charge is 2.04. The fourth-order valence-electron chi connectivity index (χ4n) is 1.57. The molecule has 1 N–H and O–H groups in total. The van der Waals surface area contributed by atoms with E-state index in [4.69, 9.17) is 4.74 Å². The van der Waals surface area contributed by atoms with Gasteiger partial charge in [-0.3, -0.25) is 0 Å². The molecule has 0 aromatic heterocycles. The van der Waals surface area contributed by atoms with Crippen LogP contribution in [0.3, 0.4) is 0 Å². The number of aryl methyl sites for hydroxylation is 1. The van der Waals surface area contributed by atoms with Crippen molar-refractivity contribution in [2.24, 2.45) is 0 Å². The molecule has 0 amide bonds. The van der Waals surface area contributed by atoms with Gasteiger partial charge in [-0.1, -0.05) is 29.3 Å². The molecule has 0 radical (unpaired) electrons. The maximum Gasteiger partial charge on any atom is 0.120 e. The highest BCUT2D eigenvalue weighted by molar-refractivity contribution is 9.10. The van der Waals surface area contributed by atoms with Crippen molar-refractivity contribution in [2.75, 3.05) is 13.1 Å². The average Bonchev–Trinajstić information content (AvgIpc) is 2.30. The Morgan fingerprint density at radius 1 is 1.41 bits per heavy atom. The molecule has 0 saturated carbocycles. The number of benzene rings is 1. The molecule has 3 heteroatoms.